The van der Waals surface area contributed by atoms with Crippen LogP contribution in [-0.4, -0.2) is 47.2 Å². The number of amides is 1. The van der Waals surface area contributed by atoms with Crippen LogP contribution >= 0.6 is 23.2 Å². The van der Waals surface area contributed by atoms with Gasteiger partial charge >= 0.3 is 5.97 Å². The summed E-state index contributed by atoms with van der Waals surface area (Å²) in [6, 6.07) is 12.2. The second-order valence-corrected chi connectivity index (χ2v) is 8.94. The first-order valence-corrected chi connectivity index (χ1v) is 11.9. The Morgan fingerprint density at radius 2 is 1.80 bits per heavy atom. The molecule has 1 fully saturated rings. The van der Waals surface area contributed by atoms with Gasteiger partial charge in [0.1, 0.15) is 22.5 Å². The summed E-state index contributed by atoms with van der Waals surface area (Å²) in [4.78, 5) is 35.0. The molecule has 2 heterocycles. The van der Waals surface area contributed by atoms with Crippen LogP contribution in [0.15, 0.2) is 42.5 Å². The summed E-state index contributed by atoms with van der Waals surface area (Å²) in [6.45, 7) is 1.63. The van der Waals surface area contributed by atoms with E-state index in [1.165, 1.54) is 7.11 Å². The van der Waals surface area contributed by atoms with Crippen molar-refractivity contribution < 1.29 is 19.4 Å². The molecule has 2 N–H and O–H groups in total. The zero-order valence-corrected chi connectivity index (χ0v) is 20.6. The molecule has 2 aromatic carbocycles. The molecule has 0 bridgehead atoms. The van der Waals surface area contributed by atoms with Crippen molar-refractivity contribution in [1.29, 1.82) is 0 Å². The fourth-order valence-corrected chi connectivity index (χ4v) is 4.47. The van der Waals surface area contributed by atoms with Gasteiger partial charge in [0.2, 0.25) is 0 Å². The number of carbonyl (C=O) groups excluding carboxylic acids is 1. The largest absolute Gasteiger partial charge is 0.495 e. The molecule has 1 aromatic heterocycles. The van der Waals surface area contributed by atoms with E-state index >= 15 is 0 Å². The van der Waals surface area contributed by atoms with Gasteiger partial charge in [-0.1, -0.05) is 35.3 Å². The molecule has 8 nitrogen and oxygen atoms in total. The van der Waals surface area contributed by atoms with Crippen molar-refractivity contribution in [2.45, 2.75) is 25.7 Å². The topological polar surface area (TPSA) is 105 Å². The number of ether oxygens (including phenoxy) is 1. The van der Waals surface area contributed by atoms with Crippen LogP contribution in [0.5, 0.6) is 5.75 Å². The average molecular weight is 515 g/mol. The van der Waals surface area contributed by atoms with Crippen LogP contribution in [0.4, 0.5) is 11.5 Å². The van der Waals surface area contributed by atoms with Crippen LogP contribution in [0.2, 0.25) is 10.2 Å². The third-order valence-corrected chi connectivity index (χ3v) is 6.31. The third-order valence-electron chi connectivity index (χ3n) is 5.70. The standard InChI is InChI=1S/C25H24Cl2N4O4/c1-35-20-9-6-16(13-19(20)26)25(34)28-17-7-4-15(5-8-17)12-21-29-23(27)18(14-22(32)33)24(30-21)31-10-2-3-11-31/h4-9,13H,2-3,10-12,14H2,1H3,(H,28,34)(H,32,33). The number of nitrogens with one attached hydrogen (secondary N) is 1. The van der Waals surface area contributed by atoms with E-state index in [0.29, 0.717) is 45.6 Å². The van der Waals surface area contributed by atoms with E-state index in [4.69, 9.17) is 27.9 Å². The van der Waals surface area contributed by atoms with Crippen LogP contribution < -0.4 is 15.0 Å². The Balaban J connectivity index is 1.48. The van der Waals surface area contributed by atoms with Gasteiger partial charge in [0.25, 0.3) is 5.91 Å². The summed E-state index contributed by atoms with van der Waals surface area (Å²) in [5.41, 5.74) is 2.41. The molecule has 3 aromatic rings. The highest BCUT2D eigenvalue weighted by molar-refractivity contribution is 6.32. The van der Waals surface area contributed by atoms with Gasteiger partial charge in [0, 0.05) is 36.3 Å². The Labute approximate surface area is 212 Å². The molecule has 0 radical (unpaired) electrons. The lowest BCUT2D eigenvalue weighted by Gasteiger charge is -2.21. The zero-order chi connectivity index (χ0) is 24.9. The van der Waals surface area contributed by atoms with Gasteiger partial charge in [-0.25, -0.2) is 9.97 Å². The van der Waals surface area contributed by atoms with Crippen LogP contribution in [0.3, 0.4) is 0 Å². The minimum atomic E-state index is -0.974. The first-order chi connectivity index (χ1) is 16.8. The molecule has 0 aliphatic carbocycles. The Kier molecular flexibility index (Phi) is 7.73. The van der Waals surface area contributed by atoms with Crippen molar-refractivity contribution in [3.05, 3.63) is 75.2 Å². The van der Waals surface area contributed by atoms with Crippen molar-refractivity contribution in [2.24, 2.45) is 0 Å². The molecular formula is C25H24Cl2N4O4. The first kappa shape index (κ1) is 24.8. The number of nitrogens with zero attached hydrogens (tertiary/aromatic N) is 3. The Hall–Kier alpha value is -3.36. The van der Waals surface area contributed by atoms with Gasteiger partial charge in [0.05, 0.1) is 18.6 Å². The summed E-state index contributed by atoms with van der Waals surface area (Å²) in [5.74, 6) is 0.344. The summed E-state index contributed by atoms with van der Waals surface area (Å²) in [5, 5.41) is 12.7. The molecule has 10 heteroatoms. The van der Waals surface area contributed by atoms with E-state index in [1.807, 2.05) is 12.1 Å². The molecule has 1 aliphatic rings. The zero-order valence-electron chi connectivity index (χ0n) is 19.1. The number of carboxylic acid groups (broad SMARTS) is 1. The second kappa shape index (κ2) is 10.9. The van der Waals surface area contributed by atoms with Crippen molar-refractivity contribution in [3.8, 4) is 5.75 Å². The number of aliphatic carboxylic acids is 1. The van der Waals surface area contributed by atoms with Gasteiger partial charge in [-0.2, -0.15) is 0 Å². The number of methoxy groups -OCH3 is 1. The molecule has 0 atom stereocenters. The van der Waals surface area contributed by atoms with E-state index in [1.54, 1.807) is 30.3 Å². The lowest BCUT2D eigenvalue weighted by molar-refractivity contribution is -0.136. The predicted octanol–water partition coefficient (Wildman–Crippen LogP) is 4.86. The Bertz CT molecular complexity index is 1240. The van der Waals surface area contributed by atoms with Gasteiger partial charge in [-0.15, -0.1) is 0 Å². The number of hydrogen-bond acceptors (Lipinski definition) is 6. The minimum absolute atomic E-state index is 0.168. The second-order valence-electron chi connectivity index (χ2n) is 8.17. The molecule has 1 aliphatic heterocycles. The smallest absolute Gasteiger partial charge is 0.308 e. The van der Waals surface area contributed by atoms with E-state index in [2.05, 4.69) is 20.2 Å². The molecular weight excluding hydrogens is 491 g/mol. The highest BCUT2D eigenvalue weighted by Gasteiger charge is 2.23. The fourth-order valence-electron chi connectivity index (χ4n) is 3.96. The summed E-state index contributed by atoms with van der Waals surface area (Å²) in [6.07, 6.45) is 2.24. The SMILES string of the molecule is COc1ccc(C(=O)Nc2ccc(Cc3nc(Cl)c(CC(=O)O)c(N4CCCC4)n3)cc2)cc1Cl. The predicted molar refractivity (Wildman–Crippen MR) is 135 cm³/mol. The number of halogens is 2. The number of aromatic nitrogens is 2. The number of rotatable bonds is 8. The Morgan fingerprint density at radius 3 is 2.43 bits per heavy atom. The molecule has 35 heavy (non-hydrogen) atoms. The summed E-state index contributed by atoms with van der Waals surface area (Å²) in [7, 11) is 1.51. The van der Waals surface area contributed by atoms with Gasteiger partial charge in [0.15, 0.2) is 0 Å². The third kappa shape index (κ3) is 6.01. The van der Waals surface area contributed by atoms with Gasteiger partial charge < -0.3 is 20.1 Å². The monoisotopic (exact) mass is 514 g/mol. The highest BCUT2D eigenvalue weighted by atomic mass is 35.5. The number of carbonyl (C=O) groups is 2. The van der Waals surface area contributed by atoms with Crippen LogP contribution in [0, 0.1) is 0 Å². The molecule has 4 rings (SSSR count). The highest BCUT2D eigenvalue weighted by Crippen LogP contribution is 2.29. The van der Waals surface area contributed by atoms with Crippen LogP contribution in [0.25, 0.3) is 0 Å². The molecule has 1 saturated heterocycles. The van der Waals surface area contributed by atoms with Crippen molar-refractivity contribution in [1.82, 2.24) is 9.97 Å². The van der Waals surface area contributed by atoms with Crippen molar-refractivity contribution >= 4 is 46.6 Å². The molecule has 0 unspecified atom stereocenters. The van der Waals surface area contributed by atoms with Gasteiger partial charge in [-0.05, 0) is 48.7 Å². The van der Waals surface area contributed by atoms with Crippen molar-refractivity contribution in [2.75, 3.05) is 30.4 Å². The van der Waals surface area contributed by atoms with Crippen LogP contribution in [0.1, 0.15) is 40.2 Å². The minimum Gasteiger partial charge on any atom is -0.495 e. The maximum absolute atomic E-state index is 12.6. The number of benzene rings is 2. The van der Waals surface area contributed by atoms with Crippen LogP contribution in [-0.2, 0) is 17.6 Å². The number of hydrogen-bond donors (Lipinski definition) is 2. The lowest BCUT2D eigenvalue weighted by atomic mass is 10.1. The Morgan fingerprint density at radius 1 is 1.09 bits per heavy atom. The molecule has 1 amide bonds. The molecule has 0 spiro atoms. The number of anilines is 2. The summed E-state index contributed by atoms with van der Waals surface area (Å²) >= 11 is 12.5. The van der Waals surface area contributed by atoms with E-state index in [-0.39, 0.29) is 17.5 Å². The van der Waals surface area contributed by atoms with E-state index in [9.17, 15) is 14.7 Å². The maximum Gasteiger partial charge on any atom is 0.308 e. The van der Waals surface area contributed by atoms with E-state index in [0.717, 1.165) is 31.5 Å². The van der Waals surface area contributed by atoms with E-state index < -0.39 is 5.97 Å². The molecule has 0 saturated carbocycles. The average Bonchev–Trinajstić information content (AvgIpc) is 3.36. The first-order valence-electron chi connectivity index (χ1n) is 11.1. The number of carboxylic acids is 1. The molecule has 182 valence electrons. The quantitative estimate of drug-likeness (QED) is 0.413. The normalized spacial score (nSPS) is 13.1. The van der Waals surface area contributed by atoms with Crippen molar-refractivity contribution in [3.63, 3.8) is 0 Å². The fraction of sp³-hybridized carbons (Fsp3) is 0.280. The maximum atomic E-state index is 12.6. The summed E-state index contributed by atoms with van der Waals surface area (Å²) < 4.78 is 5.12. The lowest BCUT2D eigenvalue weighted by Crippen LogP contribution is -2.23. The van der Waals surface area contributed by atoms with Gasteiger partial charge in [-0.3, -0.25) is 9.59 Å².